The minimum atomic E-state index is 0.706. The Balaban J connectivity index is 1.75. The molecule has 0 atom stereocenters. The number of aromatic nitrogens is 2. The van der Waals surface area contributed by atoms with Gasteiger partial charge in [-0.1, -0.05) is 49.1 Å². The summed E-state index contributed by atoms with van der Waals surface area (Å²) in [6.45, 7) is 6.00. The number of pyridine rings is 2. The average molecular weight is 325 g/mol. The molecule has 2 heterocycles. The van der Waals surface area contributed by atoms with Crippen LogP contribution in [-0.4, -0.2) is 15.7 Å². The zero-order valence-corrected chi connectivity index (χ0v) is 14.1. The van der Waals surface area contributed by atoms with Crippen molar-refractivity contribution in [2.75, 3.05) is 0 Å². The molecule has 0 aliphatic rings. The highest BCUT2D eigenvalue weighted by atomic mass is 14.8. The molecular weight excluding hydrogens is 306 g/mol. The van der Waals surface area contributed by atoms with Crippen LogP contribution in [-0.2, 0) is 0 Å². The molecule has 0 bridgehead atoms. The summed E-state index contributed by atoms with van der Waals surface area (Å²) in [4.78, 5) is 13.3. The maximum absolute atomic E-state index is 4.55. The van der Waals surface area contributed by atoms with Crippen molar-refractivity contribution >= 4 is 11.8 Å². The van der Waals surface area contributed by atoms with Crippen LogP contribution in [0.25, 0.3) is 17.5 Å². The highest BCUT2D eigenvalue weighted by Gasteiger charge is 2.00. The molecule has 0 saturated carbocycles. The summed E-state index contributed by atoms with van der Waals surface area (Å²) >= 11 is 0. The number of hydrogen-bond donors (Lipinski definition) is 0. The quantitative estimate of drug-likeness (QED) is 0.479. The maximum Gasteiger partial charge on any atom is 0.0892 e. The Bertz CT molecular complexity index is 910. The van der Waals surface area contributed by atoms with E-state index in [0.717, 1.165) is 28.2 Å². The molecule has 0 spiro atoms. The molecule has 0 saturated heterocycles. The number of nitrogens with zero attached hydrogens (tertiary/aromatic N) is 3. The lowest BCUT2D eigenvalue weighted by atomic mass is 10.1. The van der Waals surface area contributed by atoms with Gasteiger partial charge in [-0.2, -0.15) is 0 Å². The van der Waals surface area contributed by atoms with Crippen molar-refractivity contribution < 1.29 is 0 Å². The Morgan fingerprint density at radius 2 is 1.68 bits per heavy atom. The van der Waals surface area contributed by atoms with Crippen LogP contribution >= 0.6 is 0 Å². The highest BCUT2D eigenvalue weighted by Crippen LogP contribution is 2.16. The summed E-state index contributed by atoms with van der Waals surface area (Å²) in [6.07, 6.45) is 7.44. The molecule has 0 unspecified atom stereocenters. The molecule has 122 valence electrons. The average Bonchev–Trinajstić information content (AvgIpc) is 2.68. The fourth-order valence-corrected chi connectivity index (χ4v) is 2.39. The zero-order valence-electron chi connectivity index (χ0n) is 14.1. The van der Waals surface area contributed by atoms with Gasteiger partial charge in [0.2, 0.25) is 0 Å². The minimum absolute atomic E-state index is 0.706. The van der Waals surface area contributed by atoms with Crippen molar-refractivity contribution in [3.05, 3.63) is 103 Å². The van der Waals surface area contributed by atoms with E-state index in [1.807, 2.05) is 79.7 Å². The Morgan fingerprint density at radius 1 is 0.920 bits per heavy atom. The second-order valence-electron chi connectivity index (χ2n) is 5.58. The van der Waals surface area contributed by atoms with Gasteiger partial charge in [0.05, 0.1) is 17.1 Å². The Labute approximate surface area is 148 Å². The van der Waals surface area contributed by atoms with Crippen LogP contribution in [0.1, 0.15) is 18.1 Å². The normalized spacial score (nSPS) is 11.6. The molecule has 3 heteroatoms. The van der Waals surface area contributed by atoms with Gasteiger partial charge in [0.15, 0.2) is 0 Å². The molecule has 0 aliphatic heterocycles. The first kappa shape index (κ1) is 16.5. The van der Waals surface area contributed by atoms with Crippen molar-refractivity contribution in [2.24, 2.45) is 4.99 Å². The van der Waals surface area contributed by atoms with Crippen molar-refractivity contribution in [1.29, 1.82) is 0 Å². The van der Waals surface area contributed by atoms with Gasteiger partial charge in [-0.3, -0.25) is 15.0 Å². The molecule has 25 heavy (non-hydrogen) atoms. The van der Waals surface area contributed by atoms with Crippen LogP contribution in [0.2, 0.25) is 0 Å². The van der Waals surface area contributed by atoms with E-state index >= 15 is 0 Å². The zero-order chi connectivity index (χ0) is 17.5. The van der Waals surface area contributed by atoms with Crippen molar-refractivity contribution in [1.82, 2.24) is 9.97 Å². The number of aliphatic imine (C=N–C) groups is 1. The highest BCUT2D eigenvalue weighted by molar-refractivity contribution is 5.99. The first-order chi connectivity index (χ1) is 12.2. The Kier molecular flexibility index (Phi) is 5.27. The summed E-state index contributed by atoms with van der Waals surface area (Å²) in [5.41, 5.74) is 5.48. The third kappa shape index (κ3) is 4.58. The van der Waals surface area contributed by atoms with Crippen LogP contribution in [0.4, 0.5) is 0 Å². The summed E-state index contributed by atoms with van der Waals surface area (Å²) < 4.78 is 0. The lowest BCUT2D eigenvalue weighted by Crippen LogP contribution is -1.93. The SMILES string of the molecule is C=C(/C=C\c1ccnc(-c2ccccn2)c1)N=C(C)c1ccccc1. The largest absolute Gasteiger partial charge is 0.255 e. The first-order valence-corrected chi connectivity index (χ1v) is 8.07. The lowest BCUT2D eigenvalue weighted by molar-refractivity contribution is 1.24. The molecule has 3 rings (SSSR count). The van der Waals surface area contributed by atoms with E-state index in [2.05, 4.69) is 21.5 Å². The number of rotatable bonds is 5. The molecule has 1 aromatic carbocycles. The predicted octanol–water partition coefficient (Wildman–Crippen LogP) is 5.18. The van der Waals surface area contributed by atoms with Gasteiger partial charge in [-0.15, -0.1) is 0 Å². The van der Waals surface area contributed by atoms with E-state index in [-0.39, 0.29) is 0 Å². The second kappa shape index (κ2) is 7.97. The van der Waals surface area contributed by atoms with E-state index < -0.39 is 0 Å². The van der Waals surface area contributed by atoms with Gasteiger partial charge >= 0.3 is 0 Å². The van der Waals surface area contributed by atoms with E-state index in [9.17, 15) is 0 Å². The van der Waals surface area contributed by atoms with Crippen molar-refractivity contribution in [3.63, 3.8) is 0 Å². The smallest absolute Gasteiger partial charge is 0.0892 e. The van der Waals surface area contributed by atoms with E-state index in [0.29, 0.717) is 5.70 Å². The fourth-order valence-electron chi connectivity index (χ4n) is 2.39. The maximum atomic E-state index is 4.55. The molecule has 0 amide bonds. The van der Waals surface area contributed by atoms with Crippen LogP contribution < -0.4 is 0 Å². The number of benzene rings is 1. The number of allylic oxidation sites excluding steroid dienone is 1. The van der Waals surface area contributed by atoms with Crippen molar-refractivity contribution in [2.45, 2.75) is 6.92 Å². The Morgan fingerprint density at radius 3 is 2.44 bits per heavy atom. The fraction of sp³-hybridized carbons (Fsp3) is 0.0455. The monoisotopic (exact) mass is 325 g/mol. The van der Waals surface area contributed by atoms with Gasteiger partial charge in [0, 0.05) is 18.1 Å². The summed E-state index contributed by atoms with van der Waals surface area (Å²) in [5, 5.41) is 0. The third-order valence-corrected chi connectivity index (χ3v) is 3.68. The standard InChI is InChI=1S/C22H19N3/c1-17(25-18(2)20-8-4-3-5-9-20)11-12-19-13-15-24-22(16-19)21-10-6-7-14-23-21/h3-16H,1H2,2H3/b12-11-,25-18?. The molecule has 0 aliphatic carbocycles. The van der Waals surface area contributed by atoms with Gasteiger partial charge in [-0.05, 0) is 48.4 Å². The van der Waals surface area contributed by atoms with E-state index in [1.165, 1.54) is 0 Å². The minimum Gasteiger partial charge on any atom is -0.255 e. The van der Waals surface area contributed by atoms with Gasteiger partial charge in [0.25, 0.3) is 0 Å². The molecule has 0 radical (unpaired) electrons. The molecule has 2 aromatic heterocycles. The molecule has 3 aromatic rings. The van der Waals surface area contributed by atoms with E-state index in [4.69, 9.17) is 0 Å². The summed E-state index contributed by atoms with van der Waals surface area (Å²) in [6, 6.07) is 19.8. The molecule has 3 nitrogen and oxygen atoms in total. The van der Waals surface area contributed by atoms with Gasteiger partial charge in [0.1, 0.15) is 0 Å². The third-order valence-electron chi connectivity index (χ3n) is 3.68. The number of hydrogen-bond acceptors (Lipinski definition) is 3. The van der Waals surface area contributed by atoms with Crippen molar-refractivity contribution in [3.8, 4) is 11.4 Å². The Hall–Kier alpha value is -3.33. The molecule has 0 fully saturated rings. The van der Waals surface area contributed by atoms with Gasteiger partial charge in [-0.25, -0.2) is 0 Å². The first-order valence-electron chi connectivity index (χ1n) is 8.07. The van der Waals surface area contributed by atoms with Crippen LogP contribution in [0.3, 0.4) is 0 Å². The van der Waals surface area contributed by atoms with Crippen LogP contribution in [0, 0.1) is 0 Å². The summed E-state index contributed by atoms with van der Waals surface area (Å²) in [5.74, 6) is 0. The van der Waals surface area contributed by atoms with Gasteiger partial charge < -0.3 is 0 Å². The second-order valence-corrected chi connectivity index (χ2v) is 5.58. The topological polar surface area (TPSA) is 38.1 Å². The predicted molar refractivity (Wildman–Crippen MR) is 104 cm³/mol. The van der Waals surface area contributed by atoms with E-state index in [1.54, 1.807) is 12.4 Å². The summed E-state index contributed by atoms with van der Waals surface area (Å²) in [7, 11) is 0. The lowest BCUT2D eigenvalue weighted by Gasteiger charge is -2.02. The molecular formula is C22H19N3. The van der Waals surface area contributed by atoms with Crippen LogP contribution in [0.5, 0.6) is 0 Å². The molecule has 0 N–H and O–H groups in total. The van der Waals surface area contributed by atoms with Crippen LogP contribution in [0.15, 0.2) is 96.4 Å².